The summed E-state index contributed by atoms with van der Waals surface area (Å²) in [6.07, 6.45) is 3.28. The van der Waals surface area contributed by atoms with Crippen LogP contribution in [0, 0.1) is 5.41 Å². The number of nitrogens with zero attached hydrogens (tertiary/aromatic N) is 3. The van der Waals surface area contributed by atoms with Gasteiger partial charge in [0.05, 0.1) is 0 Å². The largest absolute Gasteiger partial charge is 0.342 e. The zero-order valence-corrected chi connectivity index (χ0v) is 16.1. The van der Waals surface area contributed by atoms with Crippen LogP contribution in [-0.4, -0.2) is 65.8 Å². The molecule has 0 radical (unpaired) electrons. The van der Waals surface area contributed by atoms with Crippen molar-refractivity contribution in [2.45, 2.75) is 39.7 Å². The number of hydrogen-bond donors (Lipinski definition) is 0. The zero-order valence-electron chi connectivity index (χ0n) is 16.1. The molecule has 2 saturated heterocycles. The van der Waals surface area contributed by atoms with E-state index >= 15 is 0 Å². The van der Waals surface area contributed by atoms with Crippen molar-refractivity contribution in [2.75, 3.05) is 39.3 Å². The summed E-state index contributed by atoms with van der Waals surface area (Å²) in [6.45, 7) is 9.19. The highest BCUT2D eigenvalue weighted by Gasteiger charge is 2.42. The molecule has 0 spiro atoms. The lowest BCUT2D eigenvalue weighted by Crippen LogP contribution is -2.56. The van der Waals surface area contributed by atoms with E-state index in [1.165, 1.54) is 12.0 Å². The molecular weight excluding hydrogens is 326 g/mol. The Bertz CT molecular complexity index is 615. The Labute approximate surface area is 156 Å². The molecule has 0 atom stereocenters. The molecular formula is C21H31N3O2. The van der Waals surface area contributed by atoms with Crippen LogP contribution in [0.3, 0.4) is 0 Å². The fourth-order valence-electron chi connectivity index (χ4n) is 3.93. The van der Waals surface area contributed by atoms with Gasteiger partial charge in [0.25, 0.3) is 0 Å². The molecule has 142 valence electrons. The third-order valence-corrected chi connectivity index (χ3v) is 5.62. The van der Waals surface area contributed by atoms with E-state index in [4.69, 9.17) is 0 Å². The smallest absolute Gasteiger partial charge is 0.237 e. The van der Waals surface area contributed by atoms with Crippen LogP contribution in [-0.2, 0) is 16.1 Å². The van der Waals surface area contributed by atoms with Crippen LogP contribution in [0.25, 0.3) is 0 Å². The molecule has 0 aromatic heterocycles. The highest BCUT2D eigenvalue weighted by Crippen LogP contribution is 2.25. The van der Waals surface area contributed by atoms with Crippen LogP contribution in [0.5, 0.6) is 0 Å². The first kappa shape index (κ1) is 18.9. The average Bonchev–Trinajstić information content (AvgIpc) is 2.69. The molecule has 5 nitrogen and oxygen atoms in total. The summed E-state index contributed by atoms with van der Waals surface area (Å²) in [4.78, 5) is 32.0. The Hall–Kier alpha value is -1.88. The van der Waals surface area contributed by atoms with E-state index in [0.29, 0.717) is 13.1 Å². The quantitative estimate of drug-likeness (QED) is 0.777. The third kappa shape index (κ3) is 4.26. The average molecular weight is 357 g/mol. The number of likely N-dealkylation sites (tertiary alicyclic amines) is 1. The fourth-order valence-corrected chi connectivity index (χ4v) is 3.93. The van der Waals surface area contributed by atoms with Gasteiger partial charge in [-0.25, -0.2) is 0 Å². The second kappa shape index (κ2) is 8.21. The Morgan fingerprint density at radius 2 is 1.35 bits per heavy atom. The second-order valence-corrected chi connectivity index (χ2v) is 8.03. The predicted molar refractivity (Wildman–Crippen MR) is 103 cm³/mol. The number of carbonyl (C=O) groups excluding carboxylic acids is 2. The van der Waals surface area contributed by atoms with Gasteiger partial charge in [0, 0.05) is 45.8 Å². The maximum Gasteiger partial charge on any atom is 0.237 e. The van der Waals surface area contributed by atoms with Gasteiger partial charge in [0.2, 0.25) is 11.8 Å². The van der Waals surface area contributed by atoms with Crippen molar-refractivity contribution in [3.63, 3.8) is 0 Å². The first-order valence-electron chi connectivity index (χ1n) is 9.83. The molecule has 2 heterocycles. The summed E-state index contributed by atoms with van der Waals surface area (Å²) in [5.41, 5.74) is 0.340. The molecule has 0 saturated carbocycles. The fraction of sp³-hybridized carbons (Fsp3) is 0.619. The van der Waals surface area contributed by atoms with Crippen molar-refractivity contribution in [3.8, 4) is 0 Å². The van der Waals surface area contributed by atoms with Crippen molar-refractivity contribution < 1.29 is 9.59 Å². The van der Waals surface area contributed by atoms with Crippen molar-refractivity contribution >= 4 is 11.8 Å². The van der Waals surface area contributed by atoms with Gasteiger partial charge in [0.15, 0.2) is 0 Å². The van der Waals surface area contributed by atoms with Crippen LogP contribution in [0.15, 0.2) is 30.3 Å². The van der Waals surface area contributed by atoms with Gasteiger partial charge >= 0.3 is 0 Å². The lowest BCUT2D eigenvalue weighted by Gasteiger charge is -2.40. The molecule has 5 heteroatoms. The minimum Gasteiger partial charge on any atom is -0.342 e. The van der Waals surface area contributed by atoms with E-state index in [1.807, 2.05) is 15.9 Å². The van der Waals surface area contributed by atoms with Gasteiger partial charge in [-0.3, -0.25) is 14.5 Å². The highest BCUT2D eigenvalue weighted by molar-refractivity contribution is 6.04. The monoisotopic (exact) mass is 357 g/mol. The van der Waals surface area contributed by atoms with Gasteiger partial charge in [-0.05, 0) is 38.7 Å². The summed E-state index contributed by atoms with van der Waals surface area (Å²) in [6, 6.07) is 10.4. The van der Waals surface area contributed by atoms with E-state index in [-0.39, 0.29) is 11.8 Å². The molecule has 3 rings (SSSR count). The van der Waals surface area contributed by atoms with E-state index in [0.717, 1.165) is 45.6 Å². The molecule has 2 aliphatic rings. The standard InChI is InChI=1S/C21H31N3O2/c1-21(2,19(25)23-11-7-4-8-12-23)20(26)24-15-13-22(14-16-24)17-18-9-5-3-6-10-18/h3,5-6,9-10H,4,7-8,11-17H2,1-2H3. The highest BCUT2D eigenvalue weighted by atomic mass is 16.2. The molecule has 0 unspecified atom stereocenters. The minimum absolute atomic E-state index is 0.00563. The molecule has 0 N–H and O–H groups in total. The van der Waals surface area contributed by atoms with Crippen molar-refractivity contribution in [3.05, 3.63) is 35.9 Å². The second-order valence-electron chi connectivity index (χ2n) is 8.03. The van der Waals surface area contributed by atoms with E-state index < -0.39 is 5.41 Å². The first-order valence-corrected chi connectivity index (χ1v) is 9.83. The Morgan fingerprint density at radius 1 is 0.808 bits per heavy atom. The summed E-state index contributed by atoms with van der Waals surface area (Å²) in [7, 11) is 0. The van der Waals surface area contributed by atoms with Gasteiger partial charge in [0.1, 0.15) is 5.41 Å². The van der Waals surface area contributed by atoms with E-state index in [1.54, 1.807) is 13.8 Å². The summed E-state index contributed by atoms with van der Waals surface area (Å²) in [5, 5.41) is 0. The van der Waals surface area contributed by atoms with E-state index in [2.05, 4.69) is 29.2 Å². The summed E-state index contributed by atoms with van der Waals surface area (Å²) >= 11 is 0. The molecule has 26 heavy (non-hydrogen) atoms. The topological polar surface area (TPSA) is 43.9 Å². The lowest BCUT2D eigenvalue weighted by atomic mass is 9.88. The van der Waals surface area contributed by atoms with Crippen LogP contribution >= 0.6 is 0 Å². The van der Waals surface area contributed by atoms with Crippen molar-refractivity contribution in [1.82, 2.24) is 14.7 Å². The van der Waals surface area contributed by atoms with E-state index in [9.17, 15) is 9.59 Å². The molecule has 1 aromatic rings. The predicted octanol–water partition coefficient (Wildman–Crippen LogP) is 2.37. The third-order valence-electron chi connectivity index (χ3n) is 5.62. The minimum atomic E-state index is -0.959. The van der Waals surface area contributed by atoms with Gasteiger partial charge in [-0.2, -0.15) is 0 Å². The zero-order chi connectivity index (χ0) is 18.6. The van der Waals surface area contributed by atoms with Crippen LogP contribution in [0.4, 0.5) is 0 Å². The molecule has 1 aromatic carbocycles. The number of benzene rings is 1. The number of carbonyl (C=O) groups is 2. The number of hydrogen-bond acceptors (Lipinski definition) is 3. The number of amides is 2. The number of piperazine rings is 1. The van der Waals surface area contributed by atoms with Gasteiger partial charge in [-0.15, -0.1) is 0 Å². The summed E-state index contributed by atoms with van der Waals surface area (Å²) in [5.74, 6) is -0.0265. The number of piperidine rings is 1. The van der Waals surface area contributed by atoms with Gasteiger partial charge < -0.3 is 9.80 Å². The van der Waals surface area contributed by atoms with Crippen molar-refractivity contribution in [2.24, 2.45) is 5.41 Å². The maximum atomic E-state index is 13.0. The molecule has 2 fully saturated rings. The molecule has 0 bridgehead atoms. The molecule has 2 aliphatic heterocycles. The molecule has 2 amide bonds. The van der Waals surface area contributed by atoms with Crippen LogP contribution in [0.2, 0.25) is 0 Å². The maximum absolute atomic E-state index is 13.0. The van der Waals surface area contributed by atoms with Crippen molar-refractivity contribution in [1.29, 1.82) is 0 Å². The summed E-state index contributed by atoms with van der Waals surface area (Å²) < 4.78 is 0. The Kier molecular flexibility index (Phi) is 5.97. The Morgan fingerprint density at radius 3 is 1.92 bits per heavy atom. The first-order chi connectivity index (χ1) is 12.5. The number of rotatable bonds is 4. The van der Waals surface area contributed by atoms with Crippen LogP contribution in [0.1, 0.15) is 38.7 Å². The lowest BCUT2D eigenvalue weighted by molar-refractivity contribution is -0.155. The molecule has 0 aliphatic carbocycles. The SMILES string of the molecule is CC(C)(C(=O)N1CCCCC1)C(=O)N1CCN(Cc2ccccc2)CC1. The van der Waals surface area contributed by atoms with Crippen LogP contribution < -0.4 is 0 Å². The normalized spacial score (nSPS) is 19.5. The van der Waals surface area contributed by atoms with Gasteiger partial charge in [-0.1, -0.05) is 30.3 Å². The Balaban J connectivity index is 1.54.